The molecule has 96 valence electrons. The minimum absolute atomic E-state index is 0.0236. The van der Waals surface area contributed by atoms with Gasteiger partial charge in [0.1, 0.15) is 5.75 Å². The summed E-state index contributed by atoms with van der Waals surface area (Å²) in [6.07, 6.45) is -3.69. The Hall–Kier alpha value is -0.940. The van der Waals surface area contributed by atoms with E-state index in [0.29, 0.717) is 13.0 Å². The third-order valence-electron chi connectivity index (χ3n) is 2.33. The van der Waals surface area contributed by atoms with E-state index in [9.17, 15) is 13.2 Å². The zero-order valence-corrected chi connectivity index (χ0v) is 10.0. The lowest BCUT2D eigenvalue weighted by Gasteiger charge is -2.15. The van der Waals surface area contributed by atoms with E-state index >= 15 is 0 Å². The third kappa shape index (κ3) is 3.51. The summed E-state index contributed by atoms with van der Waals surface area (Å²) in [5.74, 6) is 0.0236. The van der Waals surface area contributed by atoms with Gasteiger partial charge in [0, 0.05) is 0 Å². The molecule has 0 unspecified atom stereocenters. The van der Waals surface area contributed by atoms with E-state index in [4.69, 9.17) is 22.1 Å². The minimum Gasteiger partial charge on any atom is -0.495 e. The third-order valence-corrected chi connectivity index (χ3v) is 2.63. The quantitative estimate of drug-likeness (QED) is 0.909. The highest BCUT2D eigenvalue weighted by molar-refractivity contribution is 6.32. The van der Waals surface area contributed by atoms with Crippen molar-refractivity contribution in [2.75, 3.05) is 13.7 Å². The van der Waals surface area contributed by atoms with Crippen LogP contribution in [0.1, 0.15) is 17.5 Å². The van der Waals surface area contributed by atoms with Gasteiger partial charge in [0.05, 0.1) is 17.7 Å². The molecule has 1 aromatic rings. The maximum absolute atomic E-state index is 12.8. The van der Waals surface area contributed by atoms with Gasteiger partial charge in [0.15, 0.2) is 0 Å². The van der Waals surface area contributed by atoms with Gasteiger partial charge in [-0.1, -0.05) is 11.6 Å². The summed E-state index contributed by atoms with van der Waals surface area (Å²) in [6, 6.07) is 2.22. The monoisotopic (exact) mass is 267 g/mol. The predicted octanol–water partition coefficient (Wildman–Crippen LogP) is 3.26. The molecule has 0 aliphatic carbocycles. The molecular weight excluding hydrogens is 255 g/mol. The van der Waals surface area contributed by atoms with Crippen LogP contribution >= 0.6 is 11.6 Å². The van der Waals surface area contributed by atoms with Gasteiger partial charge >= 0.3 is 6.18 Å². The fraction of sp³-hybridized carbons (Fsp3) is 0.455. The molecule has 0 amide bonds. The molecule has 2 nitrogen and oxygen atoms in total. The molecule has 0 saturated heterocycles. The van der Waals surface area contributed by atoms with Crippen molar-refractivity contribution < 1.29 is 17.9 Å². The van der Waals surface area contributed by atoms with Crippen LogP contribution in [0.25, 0.3) is 0 Å². The Morgan fingerprint density at radius 3 is 2.47 bits per heavy atom. The normalized spacial score (nSPS) is 11.6. The first-order valence-corrected chi connectivity index (χ1v) is 5.41. The number of rotatable bonds is 4. The first kappa shape index (κ1) is 14.1. The second-order valence-corrected chi connectivity index (χ2v) is 3.94. The number of hydrogen-bond donors (Lipinski definition) is 1. The molecule has 0 radical (unpaired) electrons. The Bertz CT molecular complexity index is 393. The number of benzene rings is 1. The van der Waals surface area contributed by atoms with Gasteiger partial charge < -0.3 is 10.5 Å². The van der Waals surface area contributed by atoms with E-state index in [1.807, 2.05) is 0 Å². The number of alkyl halides is 3. The van der Waals surface area contributed by atoms with Gasteiger partial charge in [-0.3, -0.25) is 0 Å². The molecule has 0 heterocycles. The van der Waals surface area contributed by atoms with Crippen LogP contribution < -0.4 is 10.5 Å². The molecule has 17 heavy (non-hydrogen) atoms. The molecule has 0 aliphatic rings. The van der Waals surface area contributed by atoms with Crippen LogP contribution in [-0.2, 0) is 12.6 Å². The number of nitrogens with two attached hydrogens (primary N) is 1. The van der Waals surface area contributed by atoms with Gasteiger partial charge in [-0.15, -0.1) is 0 Å². The standard InChI is InChI=1S/C11H13ClF3NO/c1-17-10-6-8(11(13,14)15)7(3-2-4-16)5-9(10)12/h5-6H,2-4,16H2,1H3. The molecule has 0 fully saturated rings. The van der Waals surface area contributed by atoms with Gasteiger partial charge in [-0.25, -0.2) is 0 Å². The van der Waals surface area contributed by atoms with E-state index in [0.717, 1.165) is 6.07 Å². The van der Waals surface area contributed by atoms with Crippen molar-refractivity contribution >= 4 is 11.6 Å². The Morgan fingerprint density at radius 1 is 1.35 bits per heavy atom. The zero-order valence-electron chi connectivity index (χ0n) is 9.27. The minimum atomic E-state index is -4.41. The van der Waals surface area contributed by atoms with Crippen molar-refractivity contribution in [3.63, 3.8) is 0 Å². The molecule has 2 N–H and O–H groups in total. The molecule has 0 atom stereocenters. The van der Waals surface area contributed by atoms with Crippen molar-refractivity contribution in [2.45, 2.75) is 19.0 Å². The smallest absolute Gasteiger partial charge is 0.416 e. The van der Waals surface area contributed by atoms with Crippen molar-refractivity contribution in [1.82, 2.24) is 0 Å². The SMILES string of the molecule is COc1cc(C(F)(F)F)c(CCCN)cc1Cl. The maximum Gasteiger partial charge on any atom is 0.416 e. The Morgan fingerprint density at radius 2 is 2.00 bits per heavy atom. The highest BCUT2D eigenvalue weighted by Gasteiger charge is 2.34. The van der Waals surface area contributed by atoms with Crippen LogP contribution in [0.2, 0.25) is 5.02 Å². The Labute approximate surface area is 103 Å². The summed E-state index contributed by atoms with van der Waals surface area (Å²) in [4.78, 5) is 0. The number of methoxy groups -OCH3 is 1. The van der Waals surface area contributed by atoms with Crippen LogP contribution in [0.4, 0.5) is 13.2 Å². The first-order valence-electron chi connectivity index (χ1n) is 5.03. The number of ether oxygens (including phenoxy) is 1. The molecule has 1 rings (SSSR count). The van der Waals surface area contributed by atoms with Crippen molar-refractivity contribution in [3.8, 4) is 5.75 Å². The second-order valence-electron chi connectivity index (χ2n) is 3.53. The van der Waals surface area contributed by atoms with Crippen molar-refractivity contribution in [1.29, 1.82) is 0 Å². The van der Waals surface area contributed by atoms with Crippen LogP contribution in [0.3, 0.4) is 0 Å². The summed E-state index contributed by atoms with van der Waals surface area (Å²) >= 11 is 5.81. The summed E-state index contributed by atoms with van der Waals surface area (Å²) in [6.45, 7) is 0.334. The van der Waals surface area contributed by atoms with E-state index in [-0.39, 0.29) is 22.8 Å². The van der Waals surface area contributed by atoms with Crippen LogP contribution in [-0.4, -0.2) is 13.7 Å². The largest absolute Gasteiger partial charge is 0.495 e. The van der Waals surface area contributed by atoms with Crippen LogP contribution in [0, 0.1) is 0 Å². The van der Waals surface area contributed by atoms with Gasteiger partial charge in [0.2, 0.25) is 0 Å². The average Bonchev–Trinajstić information content (AvgIpc) is 2.24. The molecule has 0 bridgehead atoms. The topological polar surface area (TPSA) is 35.2 Å². The van der Waals surface area contributed by atoms with E-state index < -0.39 is 11.7 Å². The molecule has 6 heteroatoms. The summed E-state index contributed by atoms with van der Waals surface area (Å²) < 4.78 is 43.2. The van der Waals surface area contributed by atoms with E-state index in [1.165, 1.54) is 13.2 Å². The van der Waals surface area contributed by atoms with E-state index in [1.54, 1.807) is 0 Å². The lowest BCUT2D eigenvalue weighted by molar-refractivity contribution is -0.138. The summed E-state index contributed by atoms with van der Waals surface area (Å²) in [7, 11) is 1.28. The first-order chi connectivity index (χ1) is 7.90. The molecule has 0 saturated carbocycles. The number of halogens is 4. The van der Waals surface area contributed by atoms with Crippen LogP contribution in [0.15, 0.2) is 12.1 Å². The molecule has 0 aromatic heterocycles. The Kier molecular flexibility index (Phi) is 4.65. The van der Waals surface area contributed by atoms with Crippen molar-refractivity contribution in [3.05, 3.63) is 28.3 Å². The van der Waals surface area contributed by atoms with Crippen LogP contribution in [0.5, 0.6) is 5.75 Å². The molecular formula is C11H13ClF3NO. The Balaban J connectivity index is 3.21. The maximum atomic E-state index is 12.8. The van der Waals surface area contributed by atoms with E-state index in [2.05, 4.69) is 0 Å². The zero-order chi connectivity index (χ0) is 13.1. The number of hydrogen-bond acceptors (Lipinski definition) is 2. The predicted molar refractivity (Wildman–Crippen MR) is 60.4 cm³/mol. The lowest BCUT2D eigenvalue weighted by atomic mass is 10.0. The highest BCUT2D eigenvalue weighted by Crippen LogP contribution is 2.38. The summed E-state index contributed by atoms with van der Waals surface area (Å²) in [5, 5.41) is 0.174. The summed E-state index contributed by atoms with van der Waals surface area (Å²) in [5.41, 5.74) is 4.72. The van der Waals surface area contributed by atoms with Crippen molar-refractivity contribution in [2.24, 2.45) is 5.73 Å². The fourth-order valence-corrected chi connectivity index (χ4v) is 1.78. The fourth-order valence-electron chi connectivity index (χ4n) is 1.51. The highest BCUT2D eigenvalue weighted by atomic mass is 35.5. The number of aryl methyl sites for hydroxylation is 1. The van der Waals surface area contributed by atoms with Gasteiger partial charge in [0.25, 0.3) is 0 Å². The lowest BCUT2D eigenvalue weighted by Crippen LogP contribution is -2.11. The molecule has 1 aromatic carbocycles. The molecule has 0 spiro atoms. The van der Waals surface area contributed by atoms with Gasteiger partial charge in [-0.2, -0.15) is 13.2 Å². The van der Waals surface area contributed by atoms with Gasteiger partial charge in [-0.05, 0) is 37.1 Å². The molecule has 0 aliphatic heterocycles. The second kappa shape index (κ2) is 5.60. The average molecular weight is 268 g/mol.